The summed E-state index contributed by atoms with van der Waals surface area (Å²) in [6.07, 6.45) is 19.3. The van der Waals surface area contributed by atoms with Gasteiger partial charge >= 0.3 is 0 Å². The van der Waals surface area contributed by atoms with Gasteiger partial charge in [0.25, 0.3) is 0 Å². The molecular formula is C36H56. The molecule has 9 rings (SSSR count). The van der Waals surface area contributed by atoms with E-state index in [1.807, 2.05) is 0 Å². The molecule has 200 valence electrons. The maximum atomic E-state index is 2.78. The summed E-state index contributed by atoms with van der Waals surface area (Å²) in [7, 11) is 0. The monoisotopic (exact) mass is 488 g/mol. The molecule has 9 aliphatic carbocycles. The zero-order chi connectivity index (χ0) is 24.3. The Morgan fingerprint density at radius 2 is 1.25 bits per heavy atom. The van der Waals surface area contributed by atoms with E-state index in [1.54, 1.807) is 77.0 Å². The summed E-state index contributed by atoms with van der Waals surface area (Å²) in [5, 5.41) is 0. The molecule has 0 aromatic heterocycles. The Labute approximate surface area is 222 Å². The Hall–Kier alpha value is 0. The van der Waals surface area contributed by atoms with Crippen LogP contribution in [0.5, 0.6) is 0 Å². The zero-order valence-electron chi connectivity index (χ0n) is 24.3. The van der Waals surface area contributed by atoms with Gasteiger partial charge in [-0.05, 0) is 169 Å². The highest BCUT2D eigenvalue weighted by atomic mass is 14.8. The molecule has 0 aromatic carbocycles. The highest BCUT2D eigenvalue weighted by molar-refractivity contribution is 5.27. The molecular weight excluding hydrogens is 432 g/mol. The molecule has 0 nitrogen and oxygen atoms in total. The van der Waals surface area contributed by atoms with Crippen LogP contribution in [0.2, 0.25) is 0 Å². The lowest BCUT2D eigenvalue weighted by Crippen LogP contribution is -2.56. The molecule has 1 spiro atoms. The molecule has 36 heavy (non-hydrogen) atoms. The SMILES string of the molecule is CC1CCC2CCC3CC4C(C)CC(C)C5C6CC7C(C8CCCCC8C7(C)C)C6C6(CC1C2C36)C45. The largest absolute Gasteiger partial charge is 0.0622 e. The molecule has 18 atom stereocenters. The fourth-order valence-corrected chi connectivity index (χ4v) is 16.9. The van der Waals surface area contributed by atoms with Gasteiger partial charge in [0.15, 0.2) is 0 Å². The van der Waals surface area contributed by atoms with E-state index in [2.05, 4.69) is 34.6 Å². The molecule has 0 radical (unpaired) electrons. The predicted molar refractivity (Wildman–Crippen MR) is 148 cm³/mol. The first-order valence-electron chi connectivity index (χ1n) is 17.3. The van der Waals surface area contributed by atoms with Gasteiger partial charge in [-0.2, -0.15) is 0 Å². The number of rotatable bonds is 0. The van der Waals surface area contributed by atoms with E-state index in [-0.39, 0.29) is 0 Å². The molecule has 0 heteroatoms. The topological polar surface area (TPSA) is 0 Å². The third kappa shape index (κ3) is 2.41. The summed E-state index contributed by atoms with van der Waals surface area (Å²) in [4.78, 5) is 0. The fourth-order valence-electron chi connectivity index (χ4n) is 16.9. The van der Waals surface area contributed by atoms with Crippen molar-refractivity contribution < 1.29 is 0 Å². The molecule has 0 heterocycles. The highest BCUT2D eigenvalue weighted by Crippen LogP contribution is 2.85. The van der Waals surface area contributed by atoms with Gasteiger partial charge < -0.3 is 0 Å². The van der Waals surface area contributed by atoms with Crippen molar-refractivity contribution in [2.75, 3.05) is 0 Å². The fraction of sp³-hybridized carbons (Fsp3) is 1.00. The Morgan fingerprint density at radius 3 is 2.11 bits per heavy atom. The number of hydrogen-bond acceptors (Lipinski definition) is 0. The lowest BCUT2D eigenvalue weighted by Gasteiger charge is -2.62. The van der Waals surface area contributed by atoms with Gasteiger partial charge in [-0.1, -0.05) is 53.9 Å². The summed E-state index contributed by atoms with van der Waals surface area (Å²) < 4.78 is 0. The smallest absolute Gasteiger partial charge is 0.0193 e. The third-order valence-electron chi connectivity index (χ3n) is 17.2. The van der Waals surface area contributed by atoms with Crippen LogP contribution in [0.15, 0.2) is 0 Å². The first-order valence-corrected chi connectivity index (χ1v) is 17.3. The summed E-state index contributed by atoms with van der Waals surface area (Å²) >= 11 is 0. The quantitative estimate of drug-likeness (QED) is 0.318. The van der Waals surface area contributed by atoms with E-state index in [0.29, 0.717) is 5.41 Å². The minimum atomic E-state index is 0.624. The van der Waals surface area contributed by atoms with Crippen LogP contribution in [0.3, 0.4) is 0 Å². The summed E-state index contributed by atoms with van der Waals surface area (Å²) in [6.45, 7) is 13.8. The van der Waals surface area contributed by atoms with Gasteiger partial charge in [0.1, 0.15) is 0 Å². The molecule has 9 fully saturated rings. The van der Waals surface area contributed by atoms with Crippen LogP contribution in [0.1, 0.15) is 112 Å². The molecule has 0 amide bonds. The van der Waals surface area contributed by atoms with Crippen molar-refractivity contribution in [1.82, 2.24) is 0 Å². The van der Waals surface area contributed by atoms with E-state index in [0.717, 1.165) is 106 Å². The average Bonchev–Trinajstić information content (AvgIpc) is 3.55. The minimum Gasteiger partial charge on any atom is -0.0622 e. The standard InChI is InChI=1S/C36H56/c1-18-10-11-21-12-13-22-15-24-19(2)14-20(3)29-25-16-28-31(23-8-6-7-9-27(23)35(28,4)5)34(25)36(33(24)29)17-26(18)30(21)32(22)36/h18-34H,6-17H2,1-5H3. The van der Waals surface area contributed by atoms with E-state index >= 15 is 0 Å². The lowest BCUT2D eigenvalue weighted by atomic mass is 9.43. The molecule has 0 aromatic rings. The summed E-state index contributed by atoms with van der Waals surface area (Å²) in [5.74, 6) is 18.7. The molecule has 9 aliphatic rings. The van der Waals surface area contributed by atoms with Crippen molar-refractivity contribution >= 4 is 0 Å². The predicted octanol–water partition coefficient (Wildman–Crippen LogP) is 9.34. The van der Waals surface area contributed by atoms with Gasteiger partial charge in [0.05, 0.1) is 0 Å². The Balaban J connectivity index is 1.25. The van der Waals surface area contributed by atoms with Gasteiger partial charge in [-0.25, -0.2) is 0 Å². The van der Waals surface area contributed by atoms with Gasteiger partial charge in [0, 0.05) is 0 Å². The Bertz CT molecular complexity index is 930. The summed E-state index contributed by atoms with van der Waals surface area (Å²) in [6, 6.07) is 0. The highest BCUT2D eigenvalue weighted by Gasteiger charge is 2.80. The Kier molecular flexibility index (Phi) is 4.55. The van der Waals surface area contributed by atoms with Crippen molar-refractivity contribution in [2.24, 2.45) is 111 Å². The normalized spacial score (nSPS) is 67.4. The molecule has 9 saturated carbocycles. The summed E-state index contributed by atoms with van der Waals surface area (Å²) in [5.41, 5.74) is 1.40. The van der Waals surface area contributed by atoms with Gasteiger partial charge in [-0.15, -0.1) is 0 Å². The third-order valence-corrected chi connectivity index (χ3v) is 17.2. The molecule has 18 unspecified atom stereocenters. The van der Waals surface area contributed by atoms with Crippen LogP contribution in [-0.2, 0) is 0 Å². The van der Waals surface area contributed by atoms with Crippen LogP contribution >= 0.6 is 0 Å². The van der Waals surface area contributed by atoms with Crippen molar-refractivity contribution in [3.63, 3.8) is 0 Å². The van der Waals surface area contributed by atoms with E-state index in [9.17, 15) is 0 Å². The maximum Gasteiger partial charge on any atom is -0.0193 e. The molecule has 0 aliphatic heterocycles. The van der Waals surface area contributed by atoms with Crippen molar-refractivity contribution in [1.29, 1.82) is 0 Å². The number of fused-ring (bicyclic) bond motifs is 6. The molecule has 0 saturated heterocycles. The first-order chi connectivity index (χ1) is 17.3. The zero-order valence-corrected chi connectivity index (χ0v) is 24.3. The first kappa shape index (κ1) is 22.8. The average molecular weight is 489 g/mol. The van der Waals surface area contributed by atoms with E-state index in [4.69, 9.17) is 0 Å². The number of hydrogen-bond donors (Lipinski definition) is 0. The molecule has 0 N–H and O–H groups in total. The van der Waals surface area contributed by atoms with Crippen LogP contribution in [0.4, 0.5) is 0 Å². The van der Waals surface area contributed by atoms with E-state index in [1.165, 1.54) is 0 Å². The van der Waals surface area contributed by atoms with Crippen LogP contribution in [0.25, 0.3) is 0 Å². The van der Waals surface area contributed by atoms with Gasteiger partial charge in [-0.3, -0.25) is 0 Å². The van der Waals surface area contributed by atoms with Crippen molar-refractivity contribution in [3.05, 3.63) is 0 Å². The minimum absolute atomic E-state index is 0.624. The molecule has 0 bridgehead atoms. The van der Waals surface area contributed by atoms with E-state index < -0.39 is 0 Å². The second kappa shape index (κ2) is 7.19. The Morgan fingerprint density at radius 1 is 0.500 bits per heavy atom. The van der Waals surface area contributed by atoms with Gasteiger partial charge in [0.2, 0.25) is 0 Å². The van der Waals surface area contributed by atoms with Crippen LogP contribution < -0.4 is 0 Å². The maximum absolute atomic E-state index is 2.78. The van der Waals surface area contributed by atoms with Crippen molar-refractivity contribution in [3.8, 4) is 0 Å². The second-order valence-corrected chi connectivity index (χ2v) is 17.9. The van der Waals surface area contributed by atoms with Crippen LogP contribution in [-0.4, -0.2) is 0 Å². The van der Waals surface area contributed by atoms with Crippen molar-refractivity contribution in [2.45, 2.75) is 112 Å². The second-order valence-electron chi connectivity index (χ2n) is 17.9. The lowest BCUT2D eigenvalue weighted by molar-refractivity contribution is -0.139. The van der Waals surface area contributed by atoms with Crippen LogP contribution in [0, 0.1) is 111 Å².